The maximum Gasteiger partial charge on any atom is 0.330 e. The number of carbonyl (C=O) groups excluding carboxylic acids is 1. The Bertz CT molecular complexity index is 924. The summed E-state index contributed by atoms with van der Waals surface area (Å²) in [7, 11) is 4.66. The molecule has 0 N–H and O–H groups in total. The predicted octanol–water partition coefficient (Wildman–Crippen LogP) is 6.52. The summed E-state index contributed by atoms with van der Waals surface area (Å²) >= 11 is 0. The van der Waals surface area contributed by atoms with Gasteiger partial charge in [-0.3, -0.25) is 0 Å². The zero-order valence-corrected chi connectivity index (χ0v) is 25.0. The summed E-state index contributed by atoms with van der Waals surface area (Å²) in [5.74, 6) is 0.0524. The summed E-state index contributed by atoms with van der Waals surface area (Å²) in [6, 6.07) is 0. The molecule has 0 aromatic carbocycles. The third kappa shape index (κ3) is 11.0. The maximum absolute atomic E-state index is 12.8. The van der Waals surface area contributed by atoms with Crippen LogP contribution in [-0.2, 0) is 28.1 Å². The number of rotatable bonds is 5. The summed E-state index contributed by atoms with van der Waals surface area (Å²) in [4.78, 5) is 12.8. The minimum absolute atomic E-state index is 0.0244. The molecule has 0 aromatic heterocycles. The molecule has 3 aliphatic rings. The van der Waals surface area contributed by atoms with Gasteiger partial charge in [0.2, 0.25) is 0 Å². The lowest BCUT2D eigenvalue weighted by molar-refractivity contribution is -0.146. The van der Waals surface area contributed by atoms with Crippen molar-refractivity contribution in [2.75, 3.05) is 6.61 Å². The number of cyclic esters (lactones) is 1. The second-order valence-corrected chi connectivity index (χ2v) is 11.1. The number of ether oxygens (including phenoxy) is 3. The smallest absolute Gasteiger partial charge is 0.330 e. The molecule has 6 nitrogen and oxygen atoms in total. The molecule has 0 aromatic rings. The SMILES string of the molecule is C=C1CC(OP)C=CC[C@@H]([C@H](C=C[C@@H]2CC(C)=CCO2)OP)OC(=O)C=CC[C@@H]2C=CC[C@@H](C[C@@H](C)C1)O2. The van der Waals surface area contributed by atoms with Gasteiger partial charge >= 0.3 is 5.97 Å². The van der Waals surface area contributed by atoms with E-state index in [2.05, 4.69) is 57.6 Å². The number of fused-ring (bicyclic) bond motifs is 2. The van der Waals surface area contributed by atoms with Gasteiger partial charge in [-0.2, -0.15) is 0 Å². The van der Waals surface area contributed by atoms with Gasteiger partial charge in [0, 0.05) is 31.4 Å². The molecule has 0 saturated heterocycles. The molecule has 210 valence electrons. The van der Waals surface area contributed by atoms with E-state index in [4.69, 9.17) is 23.3 Å². The van der Waals surface area contributed by atoms with Crippen molar-refractivity contribution in [3.63, 3.8) is 0 Å². The third-order valence-corrected chi connectivity index (χ3v) is 7.66. The van der Waals surface area contributed by atoms with Crippen LogP contribution in [0, 0.1) is 5.92 Å². The van der Waals surface area contributed by atoms with Gasteiger partial charge in [0.25, 0.3) is 0 Å². The number of hydrogen-bond acceptors (Lipinski definition) is 6. The Balaban J connectivity index is 1.76. The fourth-order valence-electron chi connectivity index (χ4n) is 5.06. The van der Waals surface area contributed by atoms with Gasteiger partial charge in [0.15, 0.2) is 0 Å². The van der Waals surface area contributed by atoms with Crippen LogP contribution in [0.1, 0.15) is 58.8 Å². The van der Waals surface area contributed by atoms with Crippen molar-refractivity contribution in [1.82, 2.24) is 0 Å². The Morgan fingerprint density at radius 3 is 2.68 bits per heavy atom. The molecule has 2 bridgehead atoms. The molecule has 8 heteroatoms. The fraction of sp³-hybridized carbons (Fsp3) is 0.567. The molecule has 38 heavy (non-hydrogen) atoms. The lowest BCUT2D eigenvalue weighted by Gasteiger charge is -2.28. The van der Waals surface area contributed by atoms with Gasteiger partial charge in [-0.25, -0.2) is 4.79 Å². The molecule has 0 amide bonds. The van der Waals surface area contributed by atoms with E-state index >= 15 is 0 Å². The highest BCUT2D eigenvalue weighted by atomic mass is 31.0. The van der Waals surface area contributed by atoms with E-state index in [1.54, 1.807) is 0 Å². The van der Waals surface area contributed by atoms with Crippen molar-refractivity contribution in [3.05, 3.63) is 72.4 Å². The molecule has 3 rings (SSSR count). The van der Waals surface area contributed by atoms with Crippen LogP contribution in [0.15, 0.2) is 72.4 Å². The monoisotopic (exact) mass is 562 g/mol. The van der Waals surface area contributed by atoms with Crippen LogP contribution in [0.3, 0.4) is 0 Å². The Morgan fingerprint density at radius 1 is 1.11 bits per heavy atom. The fourth-order valence-corrected chi connectivity index (χ4v) is 5.51. The number of esters is 1. The van der Waals surface area contributed by atoms with Crippen LogP contribution in [0.5, 0.6) is 0 Å². The van der Waals surface area contributed by atoms with Crippen molar-refractivity contribution < 1.29 is 28.1 Å². The number of carbonyl (C=O) groups is 1. The zero-order valence-electron chi connectivity index (χ0n) is 22.7. The lowest BCUT2D eigenvalue weighted by atomic mass is 9.91. The molecule has 0 fully saturated rings. The third-order valence-electron chi connectivity index (χ3n) is 7.00. The van der Waals surface area contributed by atoms with Gasteiger partial charge < -0.3 is 23.3 Å². The minimum Gasteiger partial charge on any atom is -0.456 e. The summed E-state index contributed by atoms with van der Waals surface area (Å²) in [6.45, 7) is 9.26. The Labute approximate surface area is 233 Å². The van der Waals surface area contributed by atoms with Gasteiger partial charge in [-0.05, 0) is 51.4 Å². The first-order valence-corrected chi connectivity index (χ1v) is 14.5. The predicted molar refractivity (Wildman–Crippen MR) is 158 cm³/mol. The molecule has 3 unspecified atom stereocenters. The van der Waals surface area contributed by atoms with Crippen LogP contribution in [-0.4, -0.2) is 49.2 Å². The highest BCUT2D eigenvalue weighted by molar-refractivity contribution is 7.10. The Hall–Kier alpha value is -1.39. The van der Waals surface area contributed by atoms with E-state index < -0.39 is 18.2 Å². The van der Waals surface area contributed by atoms with Crippen molar-refractivity contribution in [2.24, 2.45) is 5.92 Å². The van der Waals surface area contributed by atoms with Crippen molar-refractivity contribution in [1.29, 1.82) is 0 Å². The van der Waals surface area contributed by atoms with E-state index in [1.807, 2.05) is 30.4 Å². The van der Waals surface area contributed by atoms with Crippen LogP contribution < -0.4 is 0 Å². The second-order valence-electron chi connectivity index (χ2n) is 10.5. The van der Waals surface area contributed by atoms with Crippen LogP contribution in [0.2, 0.25) is 0 Å². The molecule has 0 spiro atoms. The molecular weight excluding hydrogens is 518 g/mol. The molecular formula is C30H44O6P2. The second kappa shape index (κ2) is 16.7. The summed E-state index contributed by atoms with van der Waals surface area (Å²) < 4.78 is 29.3. The standard InChI is InChI=1S/C30H44O6P2/c1-21-15-16-32-25(18-21)13-14-29(36-38)28-11-5-10-27(35-37)20-23(3)17-22(2)19-26-9-4-7-24(33-26)8-6-12-30(31)34-28/h4-7,10,12-15,22,24-29H,3,8-9,11,16-20,37-38H2,1-2H3/t22-,24-,25+,26-,27?,28-,29-/m0/s1. The van der Waals surface area contributed by atoms with Gasteiger partial charge in [-0.1, -0.05) is 73.3 Å². The van der Waals surface area contributed by atoms with E-state index in [-0.39, 0.29) is 24.4 Å². The van der Waals surface area contributed by atoms with E-state index in [1.165, 1.54) is 11.6 Å². The minimum atomic E-state index is -0.528. The summed E-state index contributed by atoms with van der Waals surface area (Å²) in [5.41, 5.74) is 2.45. The quantitative estimate of drug-likeness (QED) is 0.216. The molecule has 3 heterocycles. The van der Waals surface area contributed by atoms with Crippen molar-refractivity contribution in [3.8, 4) is 0 Å². The average Bonchev–Trinajstić information content (AvgIpc) is 2.88. The average molecular weight is 563 g/mol. The molecule has 0 aliphatic carbocycles. The van der Waals surface area contributed by atoms with Crippen LogP contribution in [0.25, 0.3) is 0 Å². The molecule has 0 radical (unpaired) electrons. The first-order chi connectivity index (χ1) is 18.4. The largest absolute Gasteiger partial charge is 0.456 e. The van der Waals surface area contributed by atoms with Crippen molar-refractivity contribution >= 4 is 24.9 Å². The molecule has 3 aliphatic heterocycles. The van der Waals surface area contributed by atoms with E-state index in [0.29, 0.717) is 25.4 Å². The zero-order chi connectivity index (χ0) is 27.3. The molecule has 9 atom stereocenters. The first kappa shape index (κ1) is 31.1. The first-order valence-electron chi connectivity index (χ1n) is 13.6. The van der Waals surface area contributed by atoms with E-state index in [9.17, 15) is 4.79 Å². The van der Waals surface area contributed by atoms with Gasteiger partial charge in [-0.15, -0.1) is 0 Å². The van der Waals surface area contributed by atoms with Gasteiger partial charge in [0.05, 0.1) is 31.0 Å². The highest BCUT2D eigenvalue weighted by Crippen LogP contribution is 2.27. The normalized spacial score (nSPS) is 32.9. The Kier molecular flexibility index (Phi) is 13.6. The number of hydrogen-bond donors (Lipinski definition) is 0. The van der Waals surface area contributed by atoms with Crippen LogP contribution >= 0.6 is 18.9 Å². The topological polar surface area (TPSA) is 63.2 Å². The van der Waals surface area contributed by atoms with Gasteiger partial charge in [0.1, 0.15) is 12.2 Å². The van der Waals surface area contributed by atoms with Crippen molar-refractivity contribution in [2.45, 2.75) is 95.4 Å². The summed E-state index contributed by atoms with van der Waals surface area (Å²) in [6.07, 6.45) is 22.0. The Morgan fingerprint density at radius 2 is 1.92 bits per heavy atom. The van der Waals surface area contributed by atoms with Crippen LogP contribution in [0.4, 0.5) is 0 Å². The molecule has 0 saturated carbocycles. The lowest BCUT2D eigenvalue weighted by Crippen LogP contribution is -2.30. The highest BCUT2D eigenvalue weighted by Gasteiger charge is 2.24. The van der Waals surface area contributed by atoms with E-state index in [0.717, 1.165) is 37.7 Å². The summed E-state index contributed by atoms with van der Waals surface area (Å²) in [5, 5.41) is 0. The maximum atomic E-state index is 12.8.